The Labute approximate surface area is 170 Å². The molecule has 1 fully saturated rings. The van der Waals surface area contributed by atoms with Crippen molar-refractivity contribution in [2.75, 3.05) is 23.3 Å². The minimum atomic E-state index is -0.0535. The van der Waals surface area contributed by atoms with E-state index in [4.69, 9.17) is 0 Å². The Bertz CT molecular complexity index is 1060. The fourth-order valence-electron chi connectivity index (χ4n) is 3.92. The third-order valence-corrected chi connectivity index (χ3v) is 5.37. The summed E-state index contributed by atoms with van der Waals surface area (Å²) in [5.74, 6) is 1.56. The molecule has 4 rings (SSSR count). The van der Waals surface area contributed by atoms with E-state index in [-0.39, 0.29) is 11.8 Å². The van der Waals surface area contributed by atoms with Gasteiger partial charge >= 0.3 is 0 Å². The lowest BCUT2D eigenvalue weighted by Crippen LogP contribution is -2.52. The smallest absolute Gasteiger partial charge is 0.231 e. The number of benzene rings is 1. The van der Waals surface area contributed by atoms with Crippen LogP contribution < -0.4 is 10.2 Å². The second-order valence-corrected chi connectivity index (χ2v) is 7.94. The van der Waals surface area contributed by atoms with Gasteiger partial charge in [-0.05, 0) is 51.8 Å². The lowest BCUT2D eigenvalue weighted by atomic mass is 9.98. The maximum atomic E-state index is 12.7. The highest BCUT2D eigenvalue weighted by Crippen LogP contribution is 2.27. The molecule has 1 N–H and O–H groups in total. The van der Waals surface area contributed by atoms with Gasteiger partial charge in [0.25, 0.3) is 0 Å². The lowest BCUT2D eigenvalue weighted by Gasteiger charge is -2.39. The van der Waals surface area contributed by atoms with E-state index in [1.165, 1.54) is 5.56 Å². The Morgan fingerprint density at radius 2 is 1.62 bits per heavy atom. The molecule has 150 valence electrons. The van der Waals surface area contributed by atoms with E-state index in [1.54, 1.807) is 6.33 Å². The third kappa shape index (κ3) is 3.72. The van der Waals surface area contributed by atoms with Crippen molar-refractivity contribution in [3.63, 3.8) is 0 Å². The molecule has 1 aromatic carbocycles. The van der Waals surface area contributed by atoms with Crippen molar-refractivity contribution in [2.45, 2.75) is 34.6 Å². The zero-order valence-corrected chi connectivity index (χ0v) is 17.5. The molecule has 2 aromatic heterocycles. The van der Waals surface area contributed by atoms with Crippen LogP contribution in [0.15, 0.2) is 30.6 Å². The molecule has 0 radical (unpaired) electrons. The first-order valence-corrected chi connectivity index (χ1v) is 9.81. The Hall–Kier alpha value is -3.22. The van der Waals surface area contributed by atoms with Gasteiger partial charge in [0.05, 0.1) is 11.6 Å². The monoisotopic (exact) mass is 390 g/mol. The average Bonchev–Trinajstić information content (AvgIpc) is 2.95. The number of anilines is 2. The van der Waals surface area contributed by atoms with Gasteiger partial charge in [0, 0.05) is 30.5 Å². The zero-order chi connectivity index (χ0) is 20.7. The standard InChI is InChI=1S/C22H26N6O/c1-13-6-14(2)21(15(3)7-13)25-22(29)18-10-27(11-18)19-9-20(24-12-23-19)28-17(5)8-16(4)26-28/h6-9,12,18H,10-11H2,1-5H3,(H,25,29). The summed E-state index contributed by atoms with van der Waals surface area (Å²) >= 11 is 0. The summed E-state index contributed by atoms with van der Waals surface area (Å²) < 4.78 is 1.81. The fraction of sp³-hybridized carbons (Fsp3) is 0.364. The first kappa shape index (κ1) is 19.1. The van der Waals surface area contributed by atoms with E-state index >= 15 is 0 Å². The van der Waals surface area contributed by atoms with Crippen LogP contribution in [-0.2, 0) is 4.79 Å². The molecule has 0 aliphatic carbocycles. The van der Waals surface area contributed by atoms with Crippen LogP contribution in [-0.4, -0.2) is 38.7 Å². The van der Waals surface area contributed by atoms with Gasteiger partial charge < -0.3 is 10.2 Å². The van der Waals surface area contributed by atoms with E-state index in [1.807, 2.05) is 44.5 Å². The van der Waals surface area contributed by atoms with E-state index in [9.17, 15) is 4.79 Å². The molecule has 3 aromatic rings. The summed E-state index contributed by atoms with van der Waals surface area (Å²) in [6.07, 6.45) is 1.55. The van der Waals surface area contributed by atoms with Crippen LogP contribution in [0.3, 0.4) is 0 Å². The predicted molar refractivity (Wildman–Crippen MR) is 114 cm³/mol. The van der Waals surface area contributed by atoms with Crippen molar-refractivity contribution in [2.24, 2.45) is 5.92 Å². The molecule has 1 saturated heterocycles. The molecule has 0 unspecified atom stereocenters. The quantitative estimate of drug-likeness (QED) is 0.740. The van der Waals surface area contributed by atoms with Gasteiger partial charge in [0.2, 0.25) is 5.91 Å². The Kier molecular flexibility index (Phi) is 4.82. The summed E-state index contributed by atoms with van der Waals surface area (Å²) in [6.45, 7) is 11.4. The number of aryl methyl sites for hydroxylation is 5. The van der Waals surface area contributed by atoms with Crippen LogP contribution in [0.2, 0.25) is 0 Å². The van der Waals surface area contributed by atoms with E-state index in [2.05, 4.69) is 44.3 Å². The molecule has 1 amide bonds. The minimum absolute atomic E-state index is 0.0535. The summed E-state index contributed by atoms with van der Waals surface area (Å²) in [6, 6.07) is 8.12. The number of carbonyl (C=O) groups is 1. The van der Waals surface area contributed by atoms with Crippen molar-refractivity contribution in [3.8, 4) is 5.82 Å². The first-order valence-electron chi connectivity index (χ1n) is 9.81. The van der Waals surface area contributed by atoms with Crippen LogP contribution in [0.5, 0.6) is 0 Å². The number of hydrogen-bond acceptors (Lipinski definition) is 5. The lowest BCUT2D eigenvalue weighted by molar-refractivity contribution is -0.120. The molecule has 0 atom stereocenters. The highest BCUT2D eigenvalue weighted by Gasteiger charge is 2.34. The number of amides is 1. The summed E-state index contributed by atoms with van der Waals surface area (Å²) in [4.78, 5) is 23.5. The molecule has 7 heteroatoms. The Balaban J connectivity index is 1.43. The van der Waals surface area contributed by atoms with Crippen molar-refractivity contribution >= 4 is 17.4 Å². The number of rotatable bonds is 4. The van der Waals surface area contributed by atoms with Gasteiger partial charge in [-0.2, -0.15) is 5.10 Å². The van der Waals surface area contributed by atoms with Gasteiger partial charge in [0.1, 0.15) is 12.1 Å². The van der Waals surface area contributed by atoms with E-state index < -0.39 is 0 Å². The van der Waals surface area contributed by atoms with E-state index in [0.29, 0.717) is 13.1 Å². The van der Waals surface area contributed by atoms with Crippen LogP contribution in [0.4, 0.5) is 11.5 Å². The van der Waals surface area contributed by atoms with Crippen molar-refractivity contribution in [1.82, 2.24) is 19.7 Å². The van der Waals surface area contributed by atoms with Gasteiger partial charge in [-0.1, -0.05) is 17.7 Å². The van der Waals surface area contributed by atoms with Gasteiger partial charge in [-0.25, -0.2) is 14.6 Å². The maximum absolute atomic E-state index is 12.7. The average molecular weight is 390 g/mol. The number of aromatic nitrogens is 4. The number of carbonyl (C=O) groups excluding carboxylic acids is 1. The first-order chi connectivity index (χ1) is 13.8. The summed E-state index contributed by atoms with van der Waals surface area (Å²) in [5.41, 5.74) is 6.29. The van der Waals surface area contributed by atoms with Gasteiger partial charge in [-0.3, -0.25) is 4.79 Å². The van der Waals surface area contributed by atoms with Crippen LogP contribution in [0.1, 0.15) is 28.1 Å². The highest BCUT2D eigenvalue weighted by molar-refractivity contribution is 5.95. The SMILES string of the molecule is Cc1cc(C)c(NC(=O)C2CN(c3cc(-n4nc(C)cc4C)ncn3)C2)c(C)c1. The van der Waals surface area contributed by atoms with Crippen molar-refractivity contribution in [3.05, 3.63) is 58.7 Å². The highest BCUT2D eigenvalue weighted by atomic mass is 16.2. The Morgan fingerprint density at radius 1 is 0.966 bits per heavy atom. The molecule has 3 heterocycles. The van der Waals surface area contributed by atoms with Crippen LogP contribution in [0, 0.1) is 40.5 Å². The Morgan fingerprint density at radius 3 is 2.24 bits per heavy atom. The normalized spacial score (nSPS) is 14.0. The molecule has 1 aliphatic rings. The molecule has 0 saturated carbocycles. The van der Waals surface area contributed by atoms with Crippen LogP contribution in [0.25, 0.3) is 5.82 Å². The molecule has 1 aliphatic heterocycles. The number of nitrogens with zero attached hydrogens (tertiary/aromatic N) is 5. The third-order valence-electron chi connectivity index (χ3n) is 5.37. The zero-order valence-electron chi connectivity index (χ0n) is 17.5. The molecule has 0 bridgehead atoms. The minimum Gasteiger partial charge on any atom is -0.355 e. The van der Waals surface area contributed by atoms with E-state index in [0.717, 1.165) is 39.8 Å². The van der Waals surface area contributed by atoms with Gasteiger partial charge in [-0.15, -0.1) is 0 Å². The fourth-order valence-corrected chi connectivity index (χ4v) is 3.92. The molecule has 29 heavy (non-hydrogen) atoms. The van der Waals surface area contributed by atoms with Crippen LogP contribution >= 0.6 is 0 Å². The molecular weight excluding hydrogens is 364 g/mol. The second kappa shape index (κ2) is 7.31. The van der Waals surface area contributed by atoms with Crippen molar-refractivity contribution < 1.29 is 4.79 Å². The topological polar surface area (TPSA) is 75.9 Å². The van der Waals surface area contributed by atoms with Crippen molar-refractivity contribution in [1.29, 1.82) is 0 Å². The predicted octanol–water partition coefficient (Wildman–Crippen LogP) is 3.28. The molecule has 7 nitrogen and oxygen atoms in total. The largest absolute Gasteiger partial charge is 0.355 e. The summed E-state index contributed by atoms with van der Waals surface area (Å²) in [5, 5.41) is 7.60. The number of nitrogens with one attached hydrogen (secondary N) is 1. The second-order valence-electron chi connectivity index (χ2n) is 7.94. The maximum Gasteiger partial charge on any atom is 0.231 e. The van der Waals surface area contributed by atoms with Gasteiger partial charge in [0.15, 0.2) is 5.82 Å². The summed E-state index contributed by atoms with van der Waals surface area (Å²) in [7, 11) is 0. The molecular formula is C22H26N6O. The molecule has 0 spiro atoms. The number of hydrogen-bond donors (Lipinski definition) is 1.